The summed E-state index contributed by atoms with van der Waals surface area (Å²) in [5, 5.41) is 6.57. The first-order valence-electron chi connectivity index (χ1n) is 7.51. The number of nitrogens with zero attached hydrogens (tertiary/aromatic N) is 2. The summed E-state index contributed by atoms with van der Waals surface area (Å²) in [5.41, 5.74) is 1.49. The summed E-state index contributed by atoms with van der Waals surface area (Å²) in [7, 11) is 0. The fourth-order valence-electron chi connectivity index (χ4n) is 2.98. The average Bonchev–Trinajstić information content (AvgIpc) is 2.93. The van der Waals surface area contributed by atoms with Crippen molar-refractivity contribution in [2.24, 2.45) is 5.92 Å². The van der Waals surface area contributed by atoms with Crippen LogP contribution in [0.2, 0.25) is 0 Å². The Morgan fingerprint density at radius 1 is 1.36 bits per heavy atom. The molecule has 1 aromatic carbocycles. The number of carbonyl (C=O) groups excluding carboxylic acids is 1. The molecule has 2 aromatic rings. The maximum absolute atomic E-state index is 12.6. The van der Waals surface area contributed by atoms with E-state index in [0.717, 1.165) is 24.9 Å². The third-order valence-corrected chi connectivity index (χ3v) is 4.39. The number of rotatable bonds is 2. The Morgan fingerprint density at radius 2 is 2.09 bits per heavy atom. The average molecular weight is 317 g/mol. The number of H-pyrrole nitrogens is 1. The van der Waals surface area contributed by atoms with E-state index < -0.39 is 0 Å². The molecule has 1 aromatic heterocycles. The Kier molecular flexibility index (Phi) is 4.11. The minimum Gasteiger partial charge on any atom is -0.409 e. The highest BCUT2D eigenvalue weighted by molar-refractivity contribution is 7.71. The van der Waals surface area contributed by atoms with Crippen LogP contribution in [0.4, 0.5) is 0 Å². The van der Waals surface area contributed by atoms with Crippen molar-refractivity contribution in [2.75, 3.05) is 6.54 Å². The van der Waals surface area contributed by atoms with E-state index in [2.05, 4.69) is 24.0 Å². The number of benzene rings is 1. The second kappa shape index (κ2) is 6.04. The second-order valence-corrected chi connectivity index (χ2v) is 6.34. The summed E-state index contributed by atoms with van der Waals surface area (Å²) in [5.74, 6) is 1.22. The van der Waals surface area contributed by atoms with Crippen molar-refractivity contribution >= 4 is 18.1 Å². The predicted molar refractivity (Wildman–Crippen MR) is 86.0 cm³/mol. The molecule has 0 spiro atoms. The van der Waals surface area contributed by atoms with Crippen LogP contribution in [0.25, 0.3) is 11.5 Å². The van der Waals surface area contributed by atoms with Gasteiger partial charge in [0.2, 0.25) is 5.89 Å². The van der Waals surface area contributed by atoms with E-state index in [9.17, 15) is 4.79 Å². The van der Waals surface area contributed by atoms with Crippen molar-refractivity contribution in [1.29, 1.82) is 0 Å². The van der Waals surface area contributed by atoms with Gasteiger partial charge in [0.25, 0.3) is 10.7 Å². The molecule has 1 aliphatic heterocycles. The molecule has 1 aliphatic rings. The molecule has 22 heavy (non-hydrogen) atoms. The van der Waals surface area contributed by atoms with Gasteiger partial charge in [0.05, 0.1) is 0 Å². The molecule has 116 valence electrons. The molecule has 0 saturated carbocycles. The molecular formula is C16H19N3O2S. The van der Waals surface area contributed by atoms with E-state index in [1.807, 2.05) is 29.2 Å². The predicted octanol–water partition coefficient (Wildman–Crippen LogP) is 3.66. The number of aromatic amines is 1. The van der Waals surface area contributed by atoms with Gasteiger partial charge in [-0.25, -0.2) is 5.10 Å². The Bertz CT molecular complexity index is 719. The largest absolute Gasteiger partial charge is 0.409 e. The van der Waals surface area contributed by atoms with Crippen LogP contribution in [-0.2, 0) is 0 Å². The van der Waals surface area contributed by atoms with Crippen molar-refractivity contribution in [3.05, 3.63) is 34.7 Å². The van der Waals surface area contributed by atoms with Crippen LogP contribution in [-0.4, -0.2) is 33.6 Å². The maximum Gasteiger partial charge on any atom is 0.284 e. The van der Waals surface area contributed by atoms with Crippen molar-refractivity contribution in [3.63, 3.8) is 0 Å². The topological polar surface area (TPSA) is 62.1 Å². The van der Waals surface area contributed by atoms with E-state index >= 15 is 0 Å². The first-order chi connectivity index (χ1) is 10.5. The minimum absolute atomic E-state index is 0.0916. The fraction of sp³-hybridized carbons (Fsp3) is 0.438. The minimum atomic E-state index is 0.0916. The fourth-order valence-corrected chi connectivity index (χ4v) is 3.11. The lowest BCUT2D eigenvalue weighted by molar-refractivity contribution is 0.0588. The van der Waals surface area contributed by atoms with Crippen LogP contribution >= 0.6 is 12.2 Å². The van der Waals surface area contributed by atoms with E-state index in [1.165, 1.54) is 0 Å². The van der Waals surface area contributed by atoms with Gasteiger partial charge >= 0.3 is 0 Å². The Labute approximate surface area is 134 Å². The number of amides is 1. The van der Waals surface area contributed by atoms with Gasteiger partial charge in [-0.2, -0.15) is 0 Å². The lowest BCUT2D eigenvalue weighted by Crippen LogP contribution is -2.44. The first kappa shape index (κ1) is 15.0. The van der Waals surface area contributed by atoms with Gasteiger partial charge in [0, 0.05) is 23.7 Å². The Balaban J connectivity index is 1.78. The highest BCUT2D eigenvalue weighted by Gasteiger charge is 2.27. The van der Waals surface area contributed by atoms with Crippen molar-refractivity contribution in [3.8, 4) is 11.5 Å². The molecule has 0 unspecified atom stereocenters. The second-order valence-electron chi connectivity index (χ2n) is 5.97. The van der Waals surface area contributed by atoms with E-state index in [-0.39, 0.29) is 10.7 Å². The van der Waals surface area contributed by atoms with Crippen molar-refractivity contribution in [1.82, 2.24) is 15.1 Å². The molecule has 0 radical (unpaired) electrons. The van der Waals surface area contributed by atoms with E-state index in [4.69, 9.17) is 16.6 Å². The molecule has 0 aliphatic carbocycles. The van der Waals surface area contributed by atoms with Crippen LogP contribution in [0.5, 0.6) is 0 Å². The smallest absolute Gasteiger partial charge is 0.284 e. The number of hydrogen-bond acceptors (Lipinski definition) is 4. The summed E-state index contributed by atoms with van der Waals surface area (Å²) in [6, 6.07) is 7.59. The van der Waals surface area contributed by atoms with Crippen LogP contribution in [0.3, 0.4) is 0 Å². The Hall–Kier alpha value is -1.95. The zero-order valence-electron chi connectivity index (χ0n) is 12.7. The maximum atomic E-state index is 12.6. The number of carbonyl (C=O) groups is 1. The normalized spacial score (nSPS) is 21.8. The molecule has 2 atom stereocenters. The van der Waals surface area contributed by atoms with Gasteiger partial charge < -0.3 is 9.32 Å². The zero-order valence-corrected chi connectivity index (χ0v) is 13.5. The lowest BCUT2D eigenvalue weighted by Gasteiger charge is -2.36. The summed E-state index contributed by atoms with van der Waals surface area (Å²) >= 11 is 4.86. The SMILES string of the molecule is C[C@H]1CCN(C(=O)c2ccc(-c3n[nH]c(=S)o3)cc2)[C@@H](C)C1. The standard InChI is InChI=1S/C16H19N3O2S/c1-10-7-8-19(11(2)9-10)15(20)13-5-3-12(4-6-13)14-17-18-16(22)21-14/h3-6,10-11H,7-9H2,1-2H3,(H,18,22)/t10-,11-/m0/s1. The van der Waals surface area contributed by atoms with Crippen LogP contribution in [0.15, 0.2) is 28.7 Å². The van der Waals surface area contributed by atoms with Crippen molar-refractivity contribution in [2.45, 2.75) is 32.7 Å². The highest BCUT2D eigenvalue weighted by Crippen LogP contribution is 2.24. The van der Waals surface area contributed by atoms with Gasteiger partial charge in [-0.1, -0.05) is 6.92 Å². The quantitative estimate of drug-likeness (QED) is 0.859. The number of aromatic nitrogens is 2. The molecular weight excluding hydrogens is 298 g/mol. The molecule has 3 rings (SSSR count). The summed E-state index contributed by atoms with van der Waals surface area (Å²) in [6.07, 6.45) is 2.14. The molecule has 5 nitrogen and oxygen atoms in total. The first-order valence-corrected chi connectivity index (χ1v) is 7.92. The molecule has 1 amide bonds. The van der Waals surface area contributed by atoms with Gasteiger partial charge in [0.1, 0.15) is 0 Å². The number of nitrogens with one attached hydrogen (secondary N) is 1. The zero-order chi connectivity index (χ0) is 15.7. The van der Waals surface area contributed by atoms with Crippen LogP contribution in [0.1, 0.15) is 37.0 Å². The van der Waals surface area contributed by atoms with Gasteiger partial charge in [-0.15, -0.1) is 5.10 Å². The Morgan fingerprint density at radius 3 is 2.68 bits per heavy atom. The van der Waals surface area contributed by atoms with Crippen LogP contribution < -0.4 is 0 Å². The molecule has 2 heterocycles. The van der Waals surface area contributed by atoms with E-state index in [0.29, 0.717) is 23.4 Å². The van der Waals surface area contributed by atoms with E-state index in [1.54, 1.807) is 0 Å². The third kappa shape index (κ3) is 2.97. The van der Waals surface area contributed by atoms with Gasteiger partial charge in [0.15, 0.2) is 0 Å². The molecule has 1 fully saturated rings. The number of hydrogen-bond donors (Lipinski definition) is 1. The van der Waals surface area contributed by atoms with Gasteiger partial charge in [-0.05, 0) is 62.2 Å². The summed E-state index contributed by atoms with van der Waals surface area (Å²) in [6.45, 7) is 5.19. The van der Waals surface area contributed by atoms with Crippen molar-refractivity contribution < 1.29 is 9.21 Å². The van der Waals surface area contributed by atoms with Gasteiger partial charge in [-0.3, -0.25) is 4.79 Å². The highest BCUT2D eigenvalue weighted by atomic mass is 32.1. The summed E-state index contributed by atoms with van der Waals surface area (Å²) in [4.78, 5) is 14.8. The van der Waals surface area contributed by atoms with Crippen LogP contribution in [0, 0.1) is 10.8 Å². The number of likely N-dealkylation sites (tertiary alicyclic amines) is 1. The third-order valence-electron chi connectivity index (χ3n) is 4.22. The summed E-state index contributed by atoms with van der Waals surface area (Å²) < 4.78 is 5.27. The monoisotopic (exact) mass is 317 g/mol. The lowest BCUT2D eigenvalue weighted by atomic mass is 9.93. The molecule has 1 saturated heterocycles. The molecule has 0 bridgehead atoms. The molecule has 1 N–H and O–H groups in total. The molecule has 6 heteroatoms. The number of piperidine rings is 1.